The lowest BCUT2D eigenvalue weighted by Gasteiger charge is -2.14. The second-order valence-electron chi connectivity index (χ2n) is 5.90. The van der Waals surface area contributed by atoms with Gasteiger partial charge in [-0.15, -0.1) is 0 Å². The van der Waals surface area contributed by atoms with Gasteiger partial charge in [-0.05, 0) is 41.1 Å². The number of amides is 1. The van der Waals surface area contributed by atoms with Crippen molar-refractivity contribution >= 4 is 38.3 Å². The zero-order chi connectivity index (χ0) is 19.4. The van der Waals surface area contributed by atoms with Gasteiger partial charge in [0.05, 0.1) is 33.4 Å². The molecule has 0 saturated carbocycles. The average Bonchev–Trinajstić information content (AvgIpc) is 2.68. The summed E-state index contributed by atoms with van der Waals surface area (Å²) < 4.78 is 17.0. The Labute approximate surface area is 166 Å². The van der Waals surface area contributed by atoms with Gasteiger partial charge in [0.1, 0.15) is 17.2 Å². The minimum atomic E-state index is -0.160. The molecule has 0 fully saturated rings. The van der Waals surface area contributed by atoms with Gasteiger partial charge >= 0.3 is 0 Å². The first-order valence-corrected chi connectivity index (χ1v) is 9.12. The topological polar surface area (TPSA) is 56.8 Å². The number of anilines is 1. The smallest absolute Gasteiger partial charge is 0.229 e. The number of methoxy groups -OCH3 is 3. The number of carbonyl (C=O) groups is 1. The van der Waals surface area contributed by atoms with Crippen molar-refractivity contribution in [3.05, 3.63) is 58.6 Å². The van der Waals surface area contributed by atoms with E-state index in [4.69, 9.17) is 14.2 Å². The van der Waals surface area contributed by atoms with Crippen LogP contribution in [0.2, 0.25) is 0 Å². The van der Waals surface area contributed by atoms with Gasteiger partial charge in [0.25, 0.3) is 0 Å². The van der Waals surface area contributed by atoms with Gasteiger partial charge in [-0.1, -0.05) is 28.1 Å². The Hall–Kier alpha value is -2.73. The predicted octanol–water partition coefficient (Wildman–Crippen LogP) is 4.81. The van der Waals surface area contributed by atoms with Crippen LogP contribution < -0.4 is 19.5 Å². The zero-order valence-electron chi connectivity index (χ0n) is 15.3. The van der Waals surface area contributed by atoms with Crippen LogP contribution in [0, 0.1) is 0 Å². The number of benzene rings is 3. The van der Waals surface area contributed by atoms with Crippen molar-refractivity contribution in [2.75, 3.05) is 26.6 Å². The van der Waals surface area contributed by atoms with Gasteiger partial charge in [-0.25, -0.2) is 0 Å². The molecule has 0 atom stereocenters. The molecule has 1 amide bonds. The van der Waals surface area contributed by atoms with Crippen molar-refractivity contribution in [2.45, 2.75) is 6.42 Å². The van der Waals surface area contributed by atoms with E-state index in [1.165, 1.54) is 0 Å². The van der Waals surface area contributed by atoms with Crippen LogP contribution >= 0.6 is 15.9 Å². The third kappa shape index (κ3) is 4.17. The molecular weight excluding hydrogens is 410 g/mol. The Kier molecular flexibility index (Phi) is 5.86. The van der Waals surface area contributed by atoms with Crippen LogP contribution in [0.3, 0.4) is 0 Å². The van der Waals surface area contributed by atoms with E-state index < -0.39 is 0 Å². The summed E-state index contributed by atoms with van der Waals surface area (Å²) in [6.07, 6.45) is 0.178. The van der Waals surface area contributed by atoms with Crippen molar-refractivity contribution in [1.82, 2.24) is 0 Å². The van der Waals surface area contributed by atoms with Crippen LogP contribution in [0.5, 0.6) is 17.2 Å². The normalized spacial score (nSPS) is 10.5. The lowest BCUT2D eigenvalue weighted by Crippen LogP contribution is -2.16. The van der Waals surface area contributed by atoms with Crippen LogP contribution in [0.4, 0.5) is 5.69 Å². The molecule has 0 heterocycles. The Morgan fingerprint density at radius 1 is 0.926 bits per heavy atom. The summed E-state index contributed by atoms with van der Waals surface area (Å²) in [7, 11) is 4.74. The minimum absolute atomic E-state index is 0.160. The van der Waals surface area contributed by atoms with Gasteiger partial charge in [0.15, 0.2) is 0 Å². The lowest BCUT2D eigenvalue weighted by atomic mass is 10.0. The number of halogens is 1. The summed E-state index contributed by atoms with van der Waals surface area (Å²) in [5, 5.41) is 4.92. The molecule has 1 N–H and O–H groups in total. The molecule has 5 nitrogen and oxygen atoms in total. The maximum Gasteiger partial charge on any atom is 0.229 e. The number of hydrogen-bond donors (Lipinski definition) is 1. The van der Waals surface area contributed by atoms with Gasteiger partial charge in [0, 0.05) is 16.1 Å². The van der Waals surface area contributed by atoms with E-state index in [0.29, 0.717) is 22.9 Å². The molecule has 27 heavy (non-hydrogen) atoms. The molecule has 0 aliphatic carbocycles. The maximum absolute atomic E-state index is 12.7. The first kappa shape index (κ1) is 19.0. The summed E-state index contributed by atoms with van der Waals surface area (Å²) >= 11 is 3.48. The molecule has 140 valence electrons. The Balaban J connectivity index is 1.90. The summed E-state index contributed by atoms with van der Waals surface area (Å²) in [4.78, 5) is 12.7. The summed E-state index contributed by atoms with van der Waals surface area (Å²) in [5.74, 6) is 1.72. The summed E-state index contributed by atoms with van der Waals surface area (Å²) in [6, 6.07) is 15.1. The summed E-state index contributed by atoms with van der Waals surface area (Å²) in [5.41, 5.74) is 1.43. The second kappa shape index (κ2) is 8.31. The molecule has 0 spiro atoms. The van der Waals surface area contributed by atoms with Crippen LogP contribution in [0.15, 0.2) is 53.0 Å². The van der Waals surface area contributed by atoms with E-state index in [9.17, 15) is 4.79 Å². The highest BCUT2D eigenvalue weighted by Gasteiger charge is 2.15. The maximum atomic E-state index is 12.7. The predicted molar refractivity (Wildman–Crippen MR) is 110 cm³/mol. The zero-order valence-corrected chi connectivity index (χ0v) is 16.9. The number of rotatable bonds is 6. The number of nitrogens with one attached hydrogen (secondary N) is 1. The first-order valence-electron chi connectivity index (χ1n) is 8.32. The van der Waals surface area contributed by atoms with Crippen molar-refractivity contribution in [3.8, 4) is 17.2 Å². The molecule has 0 saturated heterocycles. The number of ether oxygens (including phenoxy) is 3. The van der Waals surface area contributed by atoms with Crippen LogP contribution in [-0.4, -0.2) is 27.2 Å². The molecule has 0 unspecified atom stereocenters. The van der Waals surface area contributed by atoms with Crippen molar-refractivity contribution < 1.29 is 19.0 Å². The number of fused-ring (bicyclic) bond motifs is 1. The minimum Gasteiger partial charge on any atom is -0.497 e. The largest absolute Gasteiger partial charge is 0.497 e. The second-order valence-corrected chi connectivity index (χ2v) is 6.82. The molecule has 0 aliphatic rings. The Morgan fingerprint density at radius 2 is 1.70 bits per heavy atom. The molecule has 0 bridgehead atoms. The van der Waals surface area contributed by atoms with E-state index in [-0.39, 0.29) is 12.3 Å². The Morgan fingerprint density at radius 3 is 2.41 bits per heavy atom. The molecule has 3 aromatic carbocycles. The highest BCUT2D eigenvalue weighted by Crippen LogP contribution is 2.32. The third-order valence-corrected chi connectivity index (χ3v) is 4.78. The fourth-order valence-corrected chi connectivity index (χ4v) is 3.35. The molecular formula is C21H20BrNO4. The van der Waals surface area contributed by atoms with Gasteiger partial charge in [0.2, 0.25) is 5.91 Å². The van der Waals surface area contributed by atoms with Crippen LogP contribution in [-0.2, 0) is 11.2 Å². The molecule has 6 heteroatoms. The fraction of sp³-hybridized carbons (Fsp3) is 0.190. The van der Waals surface area contributed by atoms with E-state index in [2.05, 4.69) is 21.2 Å². The lowest BCUT2D eigenvalue weighted by molar-refractivity contribution is -0.115. The molecule has 0 radical (unpaired) electrons. The monoisotopic (exact) mass is 429 g/mol. The number of carbonyl (C=O) groups excluding carboxylic acids is 1. The molecule has 3 rings (SSSR count). The van der Waals surface area contributed by atoms with Gasteiger partial charge in [-0.2, -0.15) is 0 Å². The highest BCUT2D eigenvalue weighted by molar-refractivity contribution is 9.10. The van der Waals surface area contributed by atoms with Crippen molar-refractivity contribution in [1.29, 1.82) is 0 Å². The summed E-state index contributed by atoms with van der Waals surface area (Å²) in [6.45, 7) is 0. The van der Waals surface area contributed by atoms with Crippen LogP contribution in [0.25, 0.3) is 10.8 Å². The SMILES string of the molecule is COc1ccc(NC(=O)Cc2c(OC)ccc3cc(Br)ccc23)c(OC)c1. The van der Waals surface area contributed by atoms with E-state index in [0.717, 1.165) is 20.8 Å². The fourth-order valence-electron chi connectivity index (χ4n) is 2.98. The molecule has 3 aromatic rings. The standard InChI is InChI=1S/C21H20BrNO4/c1-25-15-6-8-18(20(11-15)27-3)23-21(24)12-17-16-7-5-14(22)10-13(16)4-9-19(17)26-2/h4-11H,12H2,1-3H3,(H,23,24). The van der Waals surface area contributed by atoms with Gasteiger partial charge in [-0.3, -0.25) is 4.79 Å². The van der Waals surface area contributed by atoms with Crippen molar-refractivity contribution in [3.63, 3.8) is 0 Å². The van der Waals surface area contributed by atoms with E-state index >= 15 is 0 Å². The average molecular weight is 430 g/mol. The molecule has 0 aliphatic heterocycles. The third-order valence-electron chi connectivity index (χ3n) is 4.29. The van der Waals surface area contributed by atoms with Crippen LogP contribution in [0.1, 0.15) is 5.56 Å². The van der Waals surface area contributed by atoms with Crippen molar-refractivity contribution in [2.24, 2.45) is 0 Å². The van der Waals surface area contributed by atoms with E-state index in [1.807, 2.05) is 30.3 Å². The highest BCUT2D eigenvalue weighted by atomic mass is 79.9. The van der Waals surface area contributed by atoms with E-state index in [1.54, 1.807) is 39.5 Å². The van der Waals surface area contributed by atoms with Gasteiger partial charge < -0.3 is 19.5 Å². The quantitative estimate of drug-likeness (QED) is 0.610. The Bertz CT molecular complexity index is 987. The molecule has 0 aromatic heterocycles. The first-order chi connectivity index (χ1) is 13.0. The number of hydrogen-bond acceptors (Lipinski definition) is 4.